The zero-order valence-electron chi connectivity index (χ0n) is 11.1. The third kappa shape index (κ3) is 3.37. The van der Waals surface area contributed by atoms with E-state index in [0.29, 0.717) is 23.6 Å². The first-order chi connectivity index (χ1) is 9.20. The van der Waals surface area contributed by atoms with Gasteiger partial charge in [0, 0.05) is 17.5 Å². The summed E-state index contributed by atoms with van der Waals surface area (Å²) in [5.74, 6) is 0.471. The quantitative estimate of drug-likeness (QED) is 0.772. The maximum Gasteiger partial charge on any atom is 0.213 e. The van der Waals surface area contributed by atoms with Crippen molar-refractivity contribution in [2.24, 2.45) is 0 Å². The molecule has 19 heavy (non-hydrogen) atoms. The Hall–Kier alpha value is -2.23. The highest BCUT2D eigenvalue weighted by Crippen LogP contribution is 2.14. The second-order valence-electron chi connectivity index (χ2n) is 4.25. The van der Waals surface area contributed by atoms with Gasteiger partial charge >= 0.3 is 0 Å². The summed E-state index contributed by atoms with van der Waals surface area (Å²) in [4.78, 5) is 20.5. The van der Waals surface area contributed by atoms with Crippen LogP contribution in [0.5, 0.6) is 5.75 Å². The van der Waals surface area contributed by atoms with Crippen molar-refractivity contribution in [1.82, 2.24) is 9.97 Å². The van der Waals surface area contributed by atoms with Crippen LogP contribution in [0.3, 0.4) is 0 Å². The molecule has 0 aliphatic heterocycles. The van der Waals surface area contributed by atoms with Crippen molar-refractivity contribution >= 4 is 5.78 Å². The first-order valence-electron chi connectivity index (χ1n) is 6.27. The number of aromatic nitrogens is 2. The molecular formula is C15H16N2O2. The molecule has 0 aromatic carbocycles. The van der Waals surface area contributed by atoms with Crippen LogP contribution in [-0.4, -0.2) is 22.4 Å². The lowest BCUT2D eigenvalue weighted by molar-refractivity contribution is 0.103. The van der Waals surface area contributed by atoms with Crippen molar-refractivity contribution in [1.29, 1.82) is 0 Å². The fraction of sp³-hybridized carbons (Fsp3) is 0.267. The lowest BCUT2D eigenvalue weighted by atomic mass is 10.1. The smallest absolute Gasteiger partial charge is 0.213 e. The average Bonchev–Trinajstić information content (AvgIpc) is 2.44. The summed E-state index contributed by atoms with van der Waals surface area (Å²) in [7, 11) is 0. The molecule has 0 saturated carbocycles. The summed E-state index contributed by atoms with van der Waals surface area (Å²) < 4.78 is 5.47. The normalized spacial score (nSPS) is 10.2. The van der Waals surface area contributed by atoms with E-state index in [1.807, 2.05) is 26.0 Å². The predicted molar refractivity (Wildman–Crippen MR) is 72.4 cm³/mol. The third-order valence-electron chi connectivity index (χ3n) is 2.57. The maximum absolute atomic E-state index is 12.3. The number of carbonyl (C=O) groups is 1. The molecule has 0 saturated heterocycles. The molecule has 2 rings (SSSR count). The molecule has 0 fully saturated rings. The minimum Gasteiger partial charge on any atom is -0.492 e. The lowest BCUT2D eigenvalue weighted by Gasteiger charge is -2.06. The van der Waals surface area contributed by atoms with E-state index in [4.69, 9.17) is 4.74 Å². The van der Waals surface area contributed by atoms with E-state index in [-0.39, 0.29) is 5.78 Å². The topological polar surface area (TPSA) is 52.1 Å². The van der Waals surface area contributed by atoms with Gasteiger partial charge in [-0.1, -0.05) is 13.0 Å². The predicted octanol–water partition coefficient (Wildman–Crippen LogP) is 2.80. The van der Waals surface area contributed by atoms with E-state index in [1.165, 1.54) is 6.20 Å². The molecule has 0 atom stereocenters. The lowest BCUT2D eigenvalue weighted by Crippen LogP contribution is -2.06. The number of nitrogens with zero attached hydrogens (tertiary/aromatic N) is 2. The highest BCUT2D eigenvalue weighted by molar-refractivity contribution is 6.07. The van der Waals surface area contributed by atoms with Gasteiger partial charge in [0.1, 0.15) is 11.4 Å². The van der Waals surface area contributed by atoms with Crippen molar-refractivity contribution in [2.45, 2.75) is 20.3 Å². The van der Waals surface area contributed by atoms with Gasteiger partial charge in [0.2, 0.25) is 5.78 Å². The Balaban J connectivity index is 2.24. The van der Waals surface area contributed by atoms with Crippen LogP contribution < -0.4 is 4.74 Å². The Morgan fingerprint density at radius 1 is 1.32 bits per heavy atom. The number of aryl methyl sites for hydroxylation is 1. The Labute approximate surface area is 112 Å². The highest BCUT2D eigenvalue weighted by Gasteiger charge is 2.12. The van der Waals surface area contributed by atoms with Crippen LogP contribution in [-0.2, 0) is 0 Å². The Morgan fingerprint density at radius 2 is 2.16 bits per heavy atom. The van der Waals surface area contributed by atoms with E-state index in [2.05, 4.69) is 9.97 Å². The van der Waals surface area contributed by atoms with Gasteiger partial charge in [-0.15, -0.1) is 0 Å². The summed E-state index contributed by atoms with van der Waals surface area (Å²) >= 11 is 0. The Bertz CT molecular complexity index is 582. The number of rotatable bonds is 5. The molecule has 0 aliphatic carbocycles. The number of hydrogen-bond acceptors (Lipinski definition) is 4. The molecule has 0 amide bonds. The summed E-state index contributed by atoms with van der Waals surface area (Å²) in [5, 5.41) is 0. The van der Waals surface area contributed by atoms with Gasteiger partial charge in [-0.3, -0.25) is 9.78 Å². The zero-order valence-corrected chi connectivity index (χ0v) is 11.1. The molecule has 0 aliphatic rings. The molecule has 98 valence electrons. The molecule has 0 N–H and O–H groups in total. The fourth-order valence-electron chi connectivity index (χ4n) is 1.66. The zero-order chi connectivity index (χ0) is 13.7. The number of pyridine rings is 2. The minimum atomic E-state index is -0.141. The second-order valence-corrected chi connectivity index (χ2v) is 4.25. The summed E-state index contributed by atoms with van der Waals surface area (Å²) in [5.41, 5.74) is 1.73. The molecule has 0 spiro atoms. The van der Waals surface area contributed by atoms with E-state index >= 15 is 0 Å². The highest BCUT2D eigenvalue weighted by atomic mass is 16.5. The summed E-state index contributed by atoms with van der Waals surface area (Å²) in [6, 6.07) is 7.08. The first kappa shape index (κ1) is 13.2. The van der Waals surface area contributed by atoms with Gasteiger partial charge in [-0.25, -0.2) is 4.98 Å². The van der Waals surface area contributed by atoms with Crippen molar-refractivity contribution in [3.8, 4) is 5.75 Å². The molecule has 0 bridgehead atoms. The number of carbonyl (C=O) groups excluding carboxylic acids is 1. The monoisotopic (exact) mass is 256 g/mol. The molecule has 2 heterocycles. The van der Waals surface area contributed by atoms with Gasteiger partial charge in [-0.2, -0.15) is 0 Å². The molecule has 0 unspecified atom stereocenters. The van der Waals surface area contributed by atoms with Crippen molar-refractivity contribution in [3.63, 3.8) is 0 Å². The van der Waals surface area contributed by atoms with E-state index in [0.717, 1.165) is 12.1 Å². The summed E-state index contributed by atoms with van der Waals surface area (Å²) in [6.45, 7) is 4.50. The second kappa shape index (κ2) is 6.09. The van der Waals surface area contributed by atoms with Crippen molar-refractivity contribution < 1.29 is 9.53 Å². The fourth-order valence-corrected chi connectivity index (χ4v) is 1.66. The Kier molecular flexibility index (Phi) is 4.23. The van der Waals surface area contributed by atoms with E-state index in [9.17, 15) is 4.79 Å². The van der Waals surface area contributed by atoms with Crippen LogP contribution in [0.2, 0.25) is 0 Å². The molecule has 2 aromatic rings. The van der Waals surface area contributed by atoms with Gasteiger partial charge in [0.05, 0.1) is 12.8 Å². The molecule has 0 radical (unpaired) electrons. The molecule has 4 heteroatoms. The van der Waals surface area contributed by atoms with Gasteiger partial charge in [0.15, 0.2) is 0 Å². The van der Waals surface area contributed by atoms with Crippen molar-refractivity contribution in [2.75, 3.05) is 6.61 Å². The van der Waals surface area contributed by atoms with Crippen LogP contribution in [0.4, 0.5) is 0 Å². The van der Waals surface area contributed by atoms with Gasteiger partial charge in [0.25, 0.3) is 0 Å². The van der Waals surface area contributed by atoms with E-state index < -0.39 is 0 Å². The Morgan fingerprint density at radius 3 is 2.89 bits per heavy atom. The first-order valence-corrected chi connectivity index (χ1v) is 6.27. The molecule has 4 nitrogen and oxygen atoms in total. The van der Waals surface area contributed by atoms with Crippen LogP contribution in [0.1, 0.15) is 35.1 Å². The van der Waals surface area contributed by atoms with Crippen LogP contribution >= 0.6 is 0 Å². The standard InChI is InChI=1S/C15H16N2O2/c1-3-7-19-13-8-12(9-16-10-13)15(18)14-6-4-5-11(2)17-14/h4-6,8-10H,3,7H2,1-2H3. The third-order valence-corrected chi connectivity index (χ3v) is 2.57. The number of hydrogen-bond donors (Lipinski definition) is 0. The SMILES string of the molecule is CCCOc1cncc(C(=O)c2cccc(C)n2)c1. The van der Waals surface area contributed by atoms with Crippen LogP contribution in [0, 0.1) is 6.92 Å². The molecular weight excluding hydrogens is 240 g/mol. The van der Waals surface area contributed by atoms with E-state index in [1.54, 1.807) is 18.3 Å². The summed E-state index contributed by atoms with van der Waals surface area (Å²) in [6.07, 6.45) is 4.05. The average molecular weight is 256 g/mol. The number of ketones is 1. The largest absolute Gasteiger partial charge is 0.492 e. The molecule has 2 aromatic heterocycles. The maximum atomic E-state index is 12.3. The van der Waals surface area contributed by atoms with Gasteiger partial charge in [-0.05, 0) is 31.5 Å². The number of ether oxygens (including phenoxy) is 1. The van der Waals surface area contributed by atoms with Crippen LogP contribution in [0.25, 0.3) is 0 Å². The van der Waals surface area contributed by atoms with Crippen molar-refractivity contribution in [3.05, 3.63) is 53.6 Å². The van der Waals surface area contributed by atoms with Gasteiger partial charge < -0.3 is 4.74 Å². The van der Waals surface area contributed by atoms with Crippen LogP contribution in [0.15, 0.2) is 36.7 Å². The minimum absolute atomic E-state index is 0.141.